The number of hydrogen-bond donors (Lipinski definition) is 2. The van der Waals surface area contributed by atoms with Gasteiger partial charge in [0.25, 0.3) is 0 Å². The Morgan fingerprint density at radius 2 is 1.81 bits per heavy atom. The highest BCUT2D eigenvalue weighted by Gasteiger charge is 2.08. The van der Waals surface area contributed by atoms with Crippen LogP contribution < -0.4 is 15.4 Å². The molecule has 0 unspecified atom stereocenters. The van der Waals surface area contributed by atoms with Crippen LogP contribution in [0.15, 0.2) is 54.7 Å². The molecule has 0 aliphatic carbocycles. The fourth-order valence-electron chi connectivity index (χ4n) is 2.91. The minimum absolute atomic E-state index is 0.406. The first-order valence-corrected chi connectivity index (χ1v) is 9.09. The minimum Gasteiger partial charge on any atom is -0.496 e. The van der Waals surface area contributed by atoms with Gasteiger partial charge >= 0.3 is 0 Å². The van der Waals surface area contributed by atoms with Gasteiger partial charge in [-0.3, -0.25) is 0 Å². The van der Waals surface area contributed by atoms with Crippen molar-refractivity contribution in [2.45, 2.75) is 26.2 Å². The largest absolute Gasteiger partial charge is 0.496 e. The Morgan fingerprint density at radius 1 is 1.04 bits per heavy atom. The third-order valence-electron chi connectivity index (χ3n) is 4.28. The molecule has 1 aromatic heterocycles. The van der Waals surface area contributed by atoms with Crippen molar-refractivity contribution >= 4 is 17.5 Å². The molecule has 140 valence electrons. The number of aromatic nitrogens is 3. The van der Waals surface area contributed by atoms with E-state index in [1.807, 2.05) is 36.4 Å². The van der Waals surface area contributed by atoms with E-state index in [0.29, 0.717) is 17.7 Å². The highest BCUT2D eigenvalue weighted by atomic mass is 16.5. The van der Waals surface area contributed by atoms with Crippen LogP contribution in [0, 0.1) is 0 Å². The number of hydrogen-bond acceptors (Lipinski definition) is 6. The summed E-state index contributed by atoms with van der Waals surface area (Å²) in [5, 5.41) is 14.7. The van der Waals surface area contributed by atoms with E-state index in [1.165, 1.54) is 5.56 Å². The summed E-state index contributed by atoms with van der Waals surface area (Å²) in [5.74, 6) is 2.46. The van der Waals surface area contributed by atoms with Crippen LogP contribution >= 0.6 is 0 Å². The van der Waals surface area contributed by atoms with E-state index in [0.717, 1.165) is 30.0 Å². The molecule has 27 heavy (non-hydrogen) atoms. The van der Waals surface area contributed by atoms with Gasteiger partial charge in [0.15, 0.2) is 5.82 Å². The van der Waals surface area contributed by atoms with Crippen LogP contribution in [0.1, 0.15) is 30.9 Å². The van der Waals surface area contributed by atoms with Gasteiger partial charge in [-0.2, -0.15) is 10.1 Å². The molecule has 0 saturated heterocycles. The Labute approximate surface area is 160 Å². The summed E-state index contributed by atoms with van der Waals surface area (Å²) in [6.45, 7) is 5.05. The summed E-state index contributed by atoms with van der Waals surface area (Å²) in [6.07, 6.45) is 2.45. The first kappa shape index (κ1) is 18.6. The minimum atomic E-state index is 0.406. The van der Waals surface area contributed by atoms with Crippen LogP contribution in [0.4, 0.5) is 17.5 Å². The lowest BCUT2D eigenvalue weighted by molar-refractivity contribution is 0.410. The van der Waals surface area contributed by atoms with Crippen molar-refractivity contribution in [1.82, 2.24) is 15.2 Å². The Bertz CT molecular complexity index is 882. The number of methoxy groups -OCH3 is 1. The molecule has 0 spiro atoms. The van der Waals surface area contributed by atoms with Crippen LogP contribution in [0.25, 0.3) is 0 Å². The van der Waals surface area contributed by atoms with Crippen LogP contribution in [0.5, 0.6) is 5.75 Å². The maximum atomic E-state index is 5.39. The SMILES string of the molecule is COc1ccccc1CCNc1cnnc(Nc2ccccc2C(C)C)n1. The Balaban J connectivity index is 1.64. The highest BCUT2D eigenvalue weighted by Crippen LogP contribution is 2.25. The maximum Gasteiger partial charge on any atom is 0.249 e. The monoisotopic (exact) mass is 363 g/mol. The zero-order valence-electron chi connectivity index (χ0n) is 15.9. The van der Waals surface area contributed by atoms with E-state index >= 15 is 0 Å². The van der Waals surface area contributed by atoms with Gasteiger partial charge in [0.1, 0.15) is 5.75 Å². The van der Waals surface area contributed by atoms with Crippen LogP contribution in [0.2, 0.25) is 0 Å². The number of anilines is 3. The second-order valence-corrected chi connectivity index (χ2v) is 6.52. The third kappa shape index (κ3) is 4.94. The molecule has 1 heterocycles. The smallest absolute Gasteiger partial charge is 0.249 e. The van der Waals surface area contributed by atoms with E-state index in [1.54, 1.807) is 13.3 Å². The molecule has 0 aliphatic rings. The Hall–Kier alpha value is -3.15. The fraction of sp³-hybridized carbons (Fsp3) is 0.286. The number of nitrogens with zero attached hydrogens (tertiary/aromatic N) is 3. The normalized spacial score (nSPS) is 10.7. The van der Waals surface area contributed by atoms with E-state index in [-0.39, 0.29) is 0 Å². The zero-order valence-corrected chi connectivity index (χ0v) is 15.9. The Kier molecular flexibility index (Phi) is 6.20. The maximum absolute atomic E-state index is 5.39. The highest BCUT2D eigenvalue weighted by molar-refractivity contribution is 5.59. The second kappa shape index (κ2) is 8.98. The summed E-state index contributed by atoms with van der Waals surface area (Å²) >= 11 is 0. The third-order valence-corrected chi connectivity index (χ3v) is 4.28. The van der Waals surface area contributed by atoms with Gasteiger partial charge in [0.05, 0.1) is 13.3 Å². The van der Waals surface area contributed by atoms with Crippen molar-refractivity contribution in [3.63, 3.8) is 0 Å². The van der Waals surface area contributed by atoms with Gasteiger partial charge in [-0.25, -0.2) is 0 Å². The molecule has 0 saturated carbocycles. The first-order chi connectivity index (χ1) is 13.2. The summed E-state index contributed by atoms with van der Waals surface area (Å²) in [6, 6.07) is 16.2. The molecular weight excluding hydrogens is 338 g/mol. The molecule has 0 aliphatic heterocycles. The van der Waals surface area contributed by atoms with Crippen molar-refractivity contribution in [1.29, 1.82) is 0 Å². The van der Waals surface area contributed by atoms with Gasteiger partial charge in [0, 0.05) is 12.2 Å². The fourth-order valence-corrected chi connectivity index (χ4v) is 2.91. The van der Waals surface area contributed by atoms with Crippen molar-refractivity contribution < 1.29 is 4.74 Å². The molecule has 0 atom stereocenters. The number of ether oxygens (including phenoxy) is 1. The predicted molar refractivity (Wildman–Crippen MR) is 109 cm³/mol. The first-order valence-electron chi connectivity index (χ1n) is 9.09. The summed E-state index contributed by atoms with van der Waals surface area (Å²) in [4.78, 5) is 4.52. The van der Waals surface area contributed by atoms with E-state index in [2.05, 4.69) is 51.8 Å². The van der Waals surface area contributed by atoms with Gasteiger partial charge in [-0.15, -0.1) is 5.10 Å². The van der Waals surface area contributed by atoms with Crippen LogP contribution in [-0.4, -0.2) is 28.8 Å². The number of rotatable bonds is 8. The van der Waals surface area contributed by atoms with Gasteiger partial charge in [-0.1, -0.05) is 50.2 Å². The van der Waals surface area contributed by atoms with Gasteiger partial charge < -0.3 is 15.4 Å². The summed E-state index contributed by atoms with van der Waals surface area (Å²) in [5.41, 5.74) is 3.37. The van der Waals surface area contributed by atoms with Gasteiger partial charge in [0.2, 0.25) is 5.95 Å². The van der Waals surface area contributed by atoms with Gasteiger partial charge in [-0.05, 0) is 35.6 Å². The van der Waals surface area contributed by atoms with Crippen molar-refractivity contribution in [2.75, 3.05) is 24.3 Å². The quantitative estimate of drug-likeness (QED) is 0.618. The lowest BCUT2D eigenvalue weighted by atomic mass is 10.0. The zero-order chi connectivity index (χ0) is 19.1. The lowest BCUT2D eigenvalue weighted by Gasteiger charge is -2.13. The average Bonchev–Trinajstić information content (AvgIpc) is 2.69. The molecule has 0 bridgehead atoms. The molecule has 0 radical (unpaired) electrons. The summed E-state index contributed by atoms with van der Waals surface area (Å²) < 4.78 is 5.39. The molecule has 6 nitrogen and oxygen atoms in total. The topological polar surface area (TPSA) is 72.0 Å². The lowest BCUT2D eigenvalue weighted by Crippen LogP contribution is -2.09. The number of benzene rings is 2. The predicted octanol–water partition coefficient (Wildman–Crippen LogP) is 4.40. The van der Waals surface area contributed by atoms with Crippen LogP contribution in [0.3, 0.4) is 0 Å². The van der Waals surface area contributed by atoms with Crippen molar-refractivity contribution in [3.8, 4) is 5.75 Å². The van der Waals surface area contributed by atoms with Crippen LogP contribution in [-0.2, 0) is 6.42 Å². The molecule has 6 heteroatoms. The molecule has 3 rings (SSSR count). The van der Waals surface area contributed by atoms with E-state index < -0.39 is 0 Å². The van der Waals surface area contributed by atoms with Crippen molar-refractivity contribution in [3.05, 3.63) is 65.9 Å². The number of nitrogens with one attached hydrogen (secondary N) is 2. The Morgan fingerprint density at radius 3 is 2.63 bits per heavy atom. The number of para-hydroxylation sites is 2. The molecule has 0 fully saturated rings. The van der Waals surface area contributed by atoms with Crippen molar-refractivity contribution in [2.24, 2.45) is 0 Å². The molecule has 2 aromatic carbocycles. The second-order valence-electron chi connectivity index (χ2n) is 6.52. The summed E-state index contributed by atoms with van der Waals surface area (Å²) in [7, 11) is 1.69. The molecule has 2 N–H and O–H groups in total. The standard InChI is InChI=1S/C21H25N5O/c1-15(2)17-9-5-6-10-18(17)24-21-25-20(14-23-26-21)22-13-12-16-8-4-7-11-19(16)27-3/h4-11,14-15H,12-13H2,1-3H3,(H2,22,24,25,26). The van der Waals surface area contributed by atoms with E-state index in [4.69, 9.17) is 4.74 Å². The molecule has 0 amide bonds. The molecule has 3 aromatic rings. The molecular formula is C21H25N5O. The van der Waals surface area contributed by atoms with E-state index in [9.17, 15) is 0 Å². The average molecular weight is 363 g/mol.